The van der Waals surface area contributed by atoms with E-state index in [2.05, 4.69) is 0 Å². The lowest BCUT2D eigenvalue weighted by molar-refractivity contribution is -0.280. The fraction of sp³-hybridized carbons (Fsp3) is 1.00. The van der Waals surface area contributed by atoms with Crippen molar-refractivity contribution < 1.29 is 13.9 Å². The van der Waals surface area contributed by atoms with E-state index in [0.29, 0.717) is 6.42 Å². The molecule has 0 bridgehead atoms. The molecule has 10 heavy (non-hydrogen) atoms. The third-order valence-electron chi connectivity index (χ3n) is 2.06. The van der Waals surface area contributed by atoms with Gasteiger partial charge in [0.1, 0.15) is 0 Å². The van der Waals surface area contributed by atoms with Gasteiger partial charge in [-0.1, -0.05) is 6.92 Å². The molecule has 1 unspecified atom stereocenters. The maximum atomic E-state index is 12.1. The fourth-order valence-electron chi connectivity index (χ4n) is 1.34. The van der Waals surface area contributed by atoms with E-state index in [1.807, 2.05) is 0 Å². The summed E-state index contributed by atoms with van der Waals surface area (Å²) in [5, 5.41) is 10.2. The molecule has 59 valence electrons. The van der Waals surface area contributed by atoms with Gasteiger partial charge in [0.05, 0.1) is 5.92 Å². The minimum atomic E-state index is -3.70. The molecule has 1 aliphatic rings. The molecule has 1 saturated carbocycles. The van der Waals surface area contributed by atoms with Crippen LogP contribution in [-0.4, -0.2) is 6.11 Å². The van der Waals surface area contributed by atoms with E-state index in [1.54, 1.807) is 6.92 Å². The average Bonchev–Trinajstić information content (AvgIpc) is 2.46. The van der Waals surface area contributed by atoms with Gasteiger partial charge in [-0.15, -0.1) is 0 Å². The molecule has 3 heteroatoms. The lowest BCUT2D eigenvalue weighted by Gasteiger charge is -2.17. The first kappa shape index (κ1) is 7.92. The zero-order valence-corrected chi connectivity index (χ0v) is 5.94. The lowest BCUT2D eigenvalue weighted by Crippen LogP contribution is -2.27. The van der Waals surface area contributed by atoms with Crippen molar-refractivity contribution in [1.82, 2.24) is 0 Å². The van der Waals surface area contributed by atoms with Gasteiger partial charge < -0.3 is 0 Å². The molecule has 1 atom stereocenters. The zero-order chi connectivity index (χ0) is 7.78. The van der Waals surface area contributed by atoms with Gasteiger partial charge in [-0.05, 0) is 25.2 Å². The largest absolute Gasteiger partial charge is 0.384 e. The molecular weight excluding hydrogens is 138 g/mol. The first-order chi connectivity index (χ1) is 4.55. The van der Waals surface area contributed by atoms with E-state index in [1.165, 1.54) is 0 Å². The molecule has 0 aromatic rings. The van der Waals surface area contributed by atoms with Gasteiger partial charge in [0.25, 0.3) is 0 Å². The highest BCUT2D eigenvalue weighted by Gasteiger charge is 2.46. The van der Waals surface area contributed by atoms with Crippen molar-refractivity contribution in [2.24, 2.45) is 11.8 Å². The predicted octanol–water partition coefficient (Wildman–Crippen LogP) is 2.45. The first-order valence-electron chi connectivity index (χ1n) is 3.64. The molecule has 1 nitrogen and oxygen atoms in total. The smallest absolute Gasteiger partial charge is 0.173 e. The summed E-state index contributed by atoms with van der Waals surface area (Å²) >= 11 is 0. The predicted molar refractivity (Wildman–Crippen MR) is 32.1 cm³/mol. The van der Waals surface area contributed by atoms with Crippen LogP contribution in [0.15, 0.2) is 0 Å². The van der Waals surface area contributed by atoms with Crippen LogP contribution in [0.25, 0.3) is 0 Å². The molecule has 0 aliphatic heterocycles. The maximum Gasteiger partial charge on any atom is 0.384 e. The van der Waals surface area contributed by atoms with E-state index in [4.69, 9.17) is 0 Å². The number of hydrogen-bond acceptors (Lipinski definition) is 0. The number of rotatable bonds is 3. The second-order valence-corrected chi connectivity index (χ2v) is 2.91. The van der Waals surface area contributed by atoms with Crippen LogP contribution in [0.3, 0.4) is 0 Å². The topological polar surface area (TPSA) is 19.9 Å². The highest BCUT2D eigenvalue weighted by atomic mass is 19.3. The Balaban J connectivity index is 2.46. The summed E-state index contributed by atoms with van der Waals surface area (Å²) in [7, 11) is 0. The standard InChI is InChI=1S/C7H11F2O/c1-2-6(5-3-4-5)7(8,9)10/h5-6H,2-4H2,1H3. The van der Waals surface area contributed by atoms with E-state index in [-0.39, 0.29) is 5.92 Å². The van der Waals surface area contributed by atoms with E-state index in [9.17, 15) is 13.9 Å². The van der Waals surface area contributed by atoms with E-state index < -0.39 is 12.0 Å². The summed E-state index contributed by atoms with van der Waals surface area (Å²) in [6.07, 6.45) is -1.76. The molecular formula is C7H11F2O. The second-order valence-electron chi connectivity index (χ2n) is 2.91. The summed E-state index contributed by atoms with van der Waals surface area (Å²) in [5.74, 6) is -0.898. The van der Waals surface area contributed by atoms with Crippen molar-refractivity contribution in [1.29, 1.82) is 0 Å². The van der Waals surface area contributed by atoms with Gasteiger partial charge >= 0.3 is 6.11 Å². The molecule has 1 rings (SSSR count). The normalized spacial score (nSPS) is 22.8. The molecule has 0 spiro atoms. The molecule has 1 fully saturated rings. The fourth-order valence-corrected chi connectivity index (χ4v) is 1.34. The highest BCUT2D eigenvalue weighted by Crippen LogP contribution is 2.45. The Morgan fingerprint density at radius 1 is 1.60 bits per heavy atom. The van der Waals surface area contributed by atoms with Gasteiger partial charge in [0.2, 0.25) is 0 Å². The summed E-state index contributed by atoms with van der Waals surface area (Å²) in [5.41, 5.74) is 0. The van der Waals surface area contributed by atoms with E-state index >= 15 is 0 Å². The summed E-state index contributed by atoms with van der Waals surface area (Å²) in [6.45, 7) is 1.65. The van der Waals surface area contributed by atoms with Crippen molar-refractivity contribution in [3.05, 3.63) is 0 Å². The Labute approximate surface area is 59.0 Å². The summed E-state index contributed by atoms with van der Waals surface area (Å²) in [6, 6.07) is 0. The van der Waals surface area contributed by atoms with Crippen molar-refractivity contribution in [2.75, 3.05) is 0 Å². The number of halogens is 2. The van der Waals surface area contributed by atoms with Gasteiger partial charge in [-0.2, -0.15) is 13.9 Å². The van der Waals surface area contributed by atoms with Gasteiger partial charge in [0.15, 0.2) is 0 Å². The Morgan fingerprint density at radius 2 is 2.10 bits per heavy atom. The van der Waals surface area contributed by atoms with Crippen LogP contribution < -0.4 is 0 Å². The Morgan fingerprint density at radius 3 is 2.20 bits per heavy atom. The highest BCUT2D eigenvalue weighted by molar-refractivity contribution is 4.84. The monoisotopic (exact) mass is 149 g/mol. The SMILES string of the molecule is CCC(C1CC1)C([O])(F)F. The van der Waals surface area contributed by atoms with Crippen molar-refractivity contribution in [2.45, 2.75) is 32.3 Å². The Bertz CT molecular complexity index is 115. The number of hydrogen-bond donors (Lipinski definition) is 0. The van der Waals surface area contributed by atoms with Crippen LogP contribution in [0.2, 0.25) is 0 Å². The van der Waals surface area contributed by atoms with Crippen molar-refractivity contribution >= 4 is 0 Å². The van der Waals surface area contributed by atoms with Crippen LogP contribution >= 0.6 is 0 Å². The third kappa shape index (κ3) is 1.66. The Hall–Kier alpha value is -0.180. The third-order valence-corrected chi connectivity index (χ3v) is 2.06. The van der Waals surface area contributed by atoms with E-state index in [0.717, 1.165) is 12.8 Å². The van der Waals surface area contributed by atoms with Gasteiger partial charge in [-0.25, -0.2) is 0 Å². The molecule has 1 aliphatic carbocycles. The quantitative estimate of drug-likeness (QED) is 0.587. The molecule has 1 radical (unpaired) electrons. The summed E-state index contributed by atoms with van der Waals surface area (Å²) < 4.78 is 24.2. The van der Waals surface area contributed by atoms with Gasteiger partial charge in [0, 0.05) is 0 Å². The average molecular weight is 149 g/mol. The molecule has 0 heterocycles. The Kier molecular flexibility index (Phi) is 1.95. The molecule has 0 amide bonds. The van der Waals surface area contributed by atoms with Crippen LogP contribution in [0, 0.1) is 11.8 Å². The molecule has 0 aromatic carbocycles. The van der Waals surface area contributed by atoms with Crippen molar-refractivity contribution in [3.63, 3.8) is 0 Å². The zero-order valence-electron chi connectivity index (χ0n) is 5.94. The van der Waals surface area contributed by atoms with Crippen molar-refractivity contribution in [3.8, 4) is 0 Å². The molecule has 0 N–H and O–H groups in total. The minimum absolute atomic E-state index is 0.0116. The summed E-state index contributed by atoms with van der Waals surface area (Å²) in [4.78, 5) is 0. The van der Waals surface area contributed by atoms with Crippen LogP contribution in [-0.2, 0) is 5.11 Å². The van der Waals surface area contributed by atoms with Crippen LogP contribution in [0.1, 0.15) is 26.2 Å². The second kappa shape index (κ2) is 2.46. The van der Waals surface area contributed by atoms with Gasteiger partial charge in [-0.3, -0.25) is 0 Å². The lowest BCUT2D eigenvalue weighted by atomic mass is 10.00. The first-order valence-corrected chi connectivity index (χ1v) is 3.64. The molecule has 0 aromatic heterocycles. The molecule has 0 saturated heterocycles. The maximum absolute atomic E-state index is 12.1. The van der Waals surface area contributed by atoms with Crippen LogP contribution in [0.4, 0.5) is 8.78 Å². The minimum Gasteiger partial charge on any atom is -0.173 e. The van der Waals surface area contributed by atoms with Crippen LogP contribution in [0.5, 0.6) is 0 Å². The number of alkyl halides is 2.